The molecule has 0 aromatic rings. The molecular formula is C13H22Cl4O2Si. The highest BCUT2D eigenvalue weighted by Crippen LogP contribution is 2.53. The van der Waals surface area contributed by atoms with Crippen LogP contribution in [-0.2, 0) is 8.85 Å². The summed E-state index contributed by atoms with van der Waals surface area (Å²) < 4.78 is 12.0. The lowest BCUT2D eigenvalue weighted by molar-refractivity contribution is 0.205. The van der Waals surface area contributed by atoms with Crippen LogP contribution >= 0.6 is 46.4 Å². The molecule has 0 spiro atoms. The lowest BCUT2D eigenvalue weighted by atomic mass is 9.99. The van der Waals surface area contributed by atoms with E-state index < -0.39 is 8.56 Å². The van der Waals surface area contributed by atoms with Crippen molar-refractivity contribution in [2.24, 2.45) is 0 Å². The normalized spacial score (nSPS) is 42.9. The number of hydrogen-bond acceptors (Lipinski definition) is 2. The molecule has 0 aliphatic heterocycles. The van der Waals surface area contributed by atoms with Crippen molar-refractivity contribution in [3.05, 3.63) is 0 Å². The first-order chi connectivity index (χ1) is 9.44. The van der Waals surface area contributed by atoms with Crippen LogP contribution in [0, 0.1) is 0 Å². The predicted molar refractivity (Wildman–Crippen MR) is 88.9 cm³/mol. The molecule has 2 nitrogen and oxygen atoms in total. The molecule has 7 heteroatoms. The Bertz CT molecular complexity index is 319. The van der Waals surface area contributed by atoms with Gasteiger partial charge < -0.3 is 8.85 Å². The van der Waals surface area contributed by atoms with Crippen LogP contribution in [0.2, 0.25) is 11.1 Å². The van der Waals surface area contributed by atoms with Crippen LogP contribution in [0.25, 0.3) is 0 Å². The maximum absolute atomic E-state index is 6.54. The zero-order chi connectivity index (χ0) is 14.9. The highest BCUT2D eigenvalue weighted by molar-refractivity contribution is 6.72. The van der Waals surface area contributed by atoms with Gasteiger partial charge in [0.1, 0.15) is 0 Å². The molecule has 2 aliphatic carbocycles. The van der Waals surface area contributed by atoms with Crippen LogP contribution in [0.4, 0.5) is 0 Å². The van der Waals surface area contributed by atoms with Gasteiger partial charge in [-0.2, -0.15) is 0 Å². The van der Waals surface area contributed by atoms with E-state index in [1.54, 1.807) is 14.2 Å². The van der Waals surface area contributed by atoms with E-state index in [1.807, 2.05) is 0 Å². The SMILES string of the molecule is CO[Si](OC)(C1CC(Cl)CC(Cl)C1)C1CCC(Cl)C1Cl. The number of rotatable bonds is 4. The molecule has 118 valence electrons. The van der Waals surface area contributed by atoms with Gasteiger partial charge in [-0.3, -0.25) is 0 Å². The van der Waals surface area contributed by atoms with E-state index in [0.29, 0.717) is 0 Å². The molecule has 2 fully saturated rings. The van der Waals surface area contributed by atoms with E-state index in [-0.39, 0.29) is 32.6 Å². The average Bonchev–Trinajstić information content (AvgIpc) is 2.73. The quantitative estimate of drug-likeness (QED) is 0.512. The van der Waals surface area contributed by atoms with Gasteiger partial charge in [0, 0.05) is 36.1 Å². The second-order valence-corrected chi connectivity index (χ2v) is 12.0. The van der Waals surface area contributed by atoms with Crippen molar-refractivity contribution in [1.29, 1.82) is 0 Å². The molecule has 2 saturated carbocycles. The molecule has 2 rings (SSSR count). The minimum absolute atomic E-state index is 0.000953. The van der Waals surface area contributed by atoms with E-state index in [4.69, 9.17) is 55.3 Å². The Morgan fingerprint density at radius 2 is 1.40 bits per heavy atom. The van der Waals surface area contributed by atoms with Gasteiger partial charge in [0.25, 0.3) is 0 Å². The van der Waals surface area contributed by atoms with Gasteiger partial charge in [-0.15, -0.1) is 46.4 Å². The largest absolute Gasteiger partial charge is 0.397 e. The van der Waals surface area contributed by atoms with Crippen LogP contribution in [0.15, 0.2) is 0 Å². The highest BCUT2D eigenvalue weighted by Gasteiger charge is 2.58. The fraction of sp³-hybridized carbons (Fsp3) is 1.00. The van der Waals surface area contributed by atoms with Crippen LogP contribution in [0.5, 0.6) is 0 Å². The van der Waals surface area contributed by atoms with Crippen LogP contribution in [0.3, 0.4) is 0 Å². The smallest absolute Gasteiger partial charge is 0.345 e. The molecule has 20 heavy (non-hydrogen) atoms. The maximum Gasteiger partial charge on any atom is 0.345 e. The molecule has 0 amide bonds. The molecule has 0 radical (unpaired) electrons. The van der Waals surface area contributed by atoms with Gasteiger partial charge in [-0.1, -0.05) is 0 Å². The summed E-state index contributed by atoms with van der Waals surface area (Å²) in [5, 5.41) is 0.0968. The Hall–Kier alpha value is 1.30. The van der Waals surface area contributed by atoms with Crippen LogP contribution in [-0.4, -0.2) is 44.3 Å². The van der Waals surface area contributed by atoms with Crippen molar-refractivity contribution < 1.29 is 8.85 Å². The zero-order valence-corrected chi connectivity index (χ0v) is 15.9. The molecule has 5 atom stereocenters. The molecule has 0 bridgehead atoms. The minimum atomic E-state index is -2.48. The standard InChI is InChI=1S/C13H22Cl4O2Si/c1-18-20(19-2,12-4-3-11(16)13(12)17)10-6-8(14)5-9(15)7-10/h8-13H,3-7H2,1-2H3. The number of alkyl halides is 4. The summed E-state index contributed by atoms with van der Waals surface area (Å²) in [5.74, 6) is 0. The topological polar surface area (TPSA) is 18.5 Å². The van der Waals surface area contributed by atoms with Crippen LogP contribution < -0.4 is 0 Å². The monoisotopic (exact) mass is 378 g/mol. The van der Waals surface area contributed by atoms with Gasteiger partial charge in [-0.25, -0.2) is 0 Å². The Morgan fingerprint density at radius 3 is 1.80 bits per heavy atom. The summed E-state index contributed by atoms with van der Waals surface area (Å²) in [6.45, 7) is 0. The lowest BCUT2D eigenvalue weighted by Gasteiger charge is -2.44. The first kappa shape index (κ1) is 17.6. The summed E-state index contributed by atoms with van der Waals surface area (Å²) in [5.41, 5.74) is 0.488. The Balaban J connectivity index is 2.24. The summed E-state index contributed by atoms with van der Waals surface area (Å²) in [6.07, 6.45) is 4.53. The summed E-state index contributed by atoms with van der Waals surface area (Å²) in [4.78, 5) is 0. The average molecular weight is 380 g/mol. The van der Waals surface area contributed by atoms with Crippen molar-refractivity contribution in [3.8, 4) is 0 Å². The molecule has 0 aromatic heterocycles. The number of hydrogen-bond donors (Lipinski definition) is 0. The zero-order valence-electron chi connectivity index (χ0n) is 11.8. The second kappa shape index (κ2) is 7.25. The fourth-order valence-corrected chi connectivity index (χ4v) is 10.8. The Labute approximate surface area is 142 Å². The first-order valence-electron chi connectivity index (χ1n) is 7.11. The van der Waals surface area contributed by atoms with E-state index in [0.717, 1.165) is 32.1 Å². The van der Waals surface area contributed by atoms with Gasteiger partial charge >= 0.3 is 8.56 Å². The van der Waals surface area contributed by atoms with E-state index in [2.05, 4.69) is 0 Å². The predicted octanol–water partition coefficient (Wildman–Crippen LogP) is 4.87. The molecule has 0 aromatic carbocycles. The summed E-state index contributed by atoms with van der Waals surface area (Å²) in [7, 11) is 0.993. The molecule has 0 heterocycles. The molecular weight excluding hydrogens is 358 g/mol. The highest BCUT2D eigenvalue weighted by atomic mass is 35.5. The molecule has 0 saturated heterocycles. The van der Waals surface area contributed by atoms with E-state index in [9.17, 15) is 0 Å². The summed E-state index contributed by atoms with van der Waals surface area (Å²) in [6, 6.07) is 0. The summed E-state index contributed by atoms with van der Waals surface area (Å²) >= 11 is 25.6. The van der Waals surface area contributed by atoms with Crippen molar-refractivity contribution in [1.82, 2.24) is 0 Å². The third-order valence-corrected chi connectivity index (χ3v) is 11.5. The van der Waals surface area contributed by atoms with Gasteiger partial charge in [0.05, 0.1) is 10.8 Å². The van der Waals surface area contributed by atoms with Gasteiger partial charge in [0.2, 0.25) is 0 Å². The molecule has 2 aliphatic rings. The number of halogens is 4. The van der Waals surface area contributed by atoms with Crippen molar-refractivity contribution in [3.63, 3.8) is 0 Å². The van der Waals surface area contributed by atoms with Crippen LogP contribution in [0.1, 0.15) is 32.1 Å². The maximum atomic E-state index is 6.54. The molecule has 5 unspecified atom stereocenters. The van der Waals surface area contributed by atoms with Crippen molar-refractivity contribution in [2.45, 2.75) is 64.7 Å². The first-order valence-corrected chi connectivity index (χ1v) is 10.8. The second-order valence-electron chi connectivity index (χ2n) is 5.87. The van der Waals surface area contributed by atoms with Crippen molar-refractivity contribution in [2.75, 3.05) is 14.2 Å². The van der Waals surface area contributed by atoms with E-state index >= 15 is 0 Å². The Kier molecular flexibility index (Phi) is 6.39. The van der Waals surface area contributed by atoms with Gasteiger partial charge in [-0.05, 0) is 32.1 Å². The minimum Gasteiger partial charge on any atom is -0.397 e. The Morgan fingerprint density at radius 1 is 0.850 bits per heavy atom. The van der Waals surface area contributed by atoms with E-state index in [1.165, 1.54) is 0 Å². The van der Waals surface area contributed by atoms with Gasteiger partial charge in [0.15, 0.2) is 0 Å². The van der Waals surface area contributed by atoms with Crippen molar-refractivity contribution >= 4 is 55.0 Å². The third kappa shape index (κ3) is 3.29. The molecule has 0 N–H and O–H groups in total. The lowest BCUT2D eigenvalue weighted by Crippen LogP contribution is -2.53. The third-order valence-electron chi connectivity index (χ3n) is 4.80. The fourth-order valence-electron chi connectivity index (χ4n) is 3.87.